The van der Waals surface area contributed by atoms with E-state index in [0.29, 0.717) is 0 Å². The Morgan fingerprint density at radius 3 is 2.71 bits per heavy atom. The zero-order valence-corrected chi connectivity index (χ0v) is 9.45. The van der Waals surface area contributed by atoms with Crippen LogP contribution in [0.3, 0.4) is 0 Å². The number of benzene rings is 1. The molecule has 0 amide bonds. The van der Waals surface area contributed by atoms with Crippen molar-refractivity contribution >= 4 is 5.97 Å². The number of carbonyl (C=O) groups is 1. The van der Waals surface area contributed by atoms with Gasteiger partial charge in [0.15, 0.2) is 0 Å². The third-order valence-corrected chi connectivity index (χ3v) is 2.10. The molecule has 0 aromatic heterocycles. The molecule has 0 heterocycles. The van der Waals surface area contributed by atoms with Gasteiger partial charge in [-0.3, -0.25) is 0 Å². The minimum Gasteiger partial charge on any atom is -0.458 e. The molecule has 0 fully saturated rings. The van der Waals surface area contributed by atoms with Crippen molar-refractivity contribution in [3.8, 4) is 0 Å². The molecule has 0 saturated heterocycles. The normalized spacial score (nSPS) is 12.6. The number of ether oxygens (including phenoxy) is 1. The molecule has 1 aromatic carbocycles. The summed E-state index contributed by atoms with van der Waals surface area (Å²) in [6, 6.07) is 9.37. The zero-order chi connectivity index (χ0) is 12.5. The highest BCUT2D eigenvalue weighted by atomic mass is 16.5. The Bertz CT molecular complexity index is 359. The lowest BCUT2D eigenvalue weighted by Crippen LogP contribution is -2.10. The molecule has 0 aliphatic carbocycles. The molecule has 1 aromatic rings. The first-order chi connectivity index (χ1) is 8.22. The van der Waals surface area contributed by atoms with E-state index in [0.717, 1.165) is 5.56 Å². The minimum absolute atomic E-state index is 0.229. The standard InChI is InChI=1S/C13H16O4/c14-9-12(15)7-4-8-13(16)17-10-11-5-2-1-3-6-11/h1-6,8,12,14-15H,7,9-10H2/b8-4+. The Hall–Kier alpha value is -1.65. The molecular weight excluding hydrogens is 220 g/mol. The van der Waals surface area contributed by atoms with Crippen molar-refractivity contribution in [3.05, 3.63) is 48.0 Å². The third-order valence-electron chi connectivity index (χ3n) is 2.10. The van der Waals surface area contributed by atoms with Crippen molar-refractivity contribution < 1.29 is 19.7 Å². The Morgan fingerprint density at radius 2 is 2.06 bits per heavy atom. The van der Waals surface area contributed by atoms with Gasteiger partial charge >= 0.3 is 5.97 Å². The van der Waals surface area contributed by atoms with Gasteiger partial charge in [-0.2, -0.15) is 0 Å². The summed E-state index contributed by atoms with van der Waals surface area (Å²) >= 11 is 0. The average molecular weight is 236 g/mol. The SMILES string of the molecule is O=C(/C=C/CC(O)CO)OCc1ccccc1. The number of hydrogen-bond acceptors (Lipinski definition) is 4. The Labute approximate surface area is 100 Å². The second-order valence-electron chi connectivity index (χ2n) is 3.57. The van der Waals surface area contributed by atoms with Crippen LogP contribution in [0.1, 0.15) is 12.0 Å². The molecule has 1 rings (SSSR count). The second kappa shape index (κ2) is 7.60. The largest absolute Gasteiger partial charge is 0.458 e. The van der Waals surface area contributed by atoms with E-state index in [-0.39, 0.29) is 19.6 Å². The van der Waals surface area contributed by atoms with Crippen molar-refractivity contribution in [3.63, 3.8) is 0 Å². The van der Waals surface area contributed by atoms with Gasteiger partial charge in [0.25, 0.3) is 0 Å². The highest BCUT2D eigenvalue weighted by Crippen LogP contribution is 2.01. The first kappa shape index (κ1) is 13.4. The first-order valence-electron chi connectivity index (χ1n) is 5.38. The van der Waals surface area contributed by atoms with Crippen LogP contribution in [0.15, 0.2) is 42.5 Å². The number of hydrogen-bond donors (Lipinski definition) is 2. The zero-order valence-electron chi connectivity index (χ0n) is 9.45. The number of esters is 1. The molecule has 4 nitrogen and oxygen atoms in total. The smallest absolute Gasteiger partial charge is 0.330 e. The van der Waals surface area contributed by atoms with Crippen LogP contribution in [0.25, 0.3) is 0 Å². The molecule has 1 unspecified atom stereocenters. The van der Waals surface area contributed by atoms with E-state index < -0.39 is 12.1 Å². The maximum atomic E-state index is 11.2. The van der Waals surface area contributed by atoms with Crippen molar-refractivity contribution in [1.29, 1.82) is 0 Å². The van der Waals surface area contributed by atoms with Crippen molar-refractivity contribution in [2.45, 2.75) is 19.1 Å². The lowest BCUT2D eigenvalue weighted by atomic mass is 10.2. The fourth-order valence-electron chi connectivity index (χ4n) is 1.17. The summed E-state index contributed by atoms with van der Waals surface area (Å²) in [5, 5.41) is 17.6. The van der Waals surface area contributed by atoms with Crippen LogP contribution in [-0.2, 0) is 16.1 Å². The van der Waals surface area contributed by atoms with Crippen LogP contribution in [0, 0.1) is 0 Å². The van der Waals surface area contributed by atoms with E-state index in [1.165, 1.54) is 12.2 Å². The molecule has 1 atom stereocenters. The average Bonchev–Trinajstić information content (AvgIpc) is 2.37. The number of carbonyl (C=O) groups excluding carboxylic acids is 1. The molecular formula is C13H16O4. The van der Waals surface area contributed by atoms with Crippen LogP contribution >= 0.6 is 0 Å². The van der Waals surface area contributed by atoms with Gasteiger partial charge in [-0.15, -0.1) is 0 Å². The van der Waals surface area contributed by atoms with Gasteiger partial charge in [-0.05, 0) is 12.0 Å². The van der Waals surface area contributed by atoms with Crippen molar-refractivity contribution in [1.82, 2.24) is 0 Å². The predicted molar refractivity (Wildman–Crippen MR) is 63.1 cm³/mol. The van der Waals surface area contributed by atoms with E-state index in [1.807, 2.05) is 30.3 Å². The van der Waals surface area contributed by atoms with Crippen LogP contribution < -0.4 is 0 Å². The summed E-state index contributed by atoms with van der Waals surface area (Å²) in [4.78, 5) is 11.2. The molecule has 0 aliphatic rings. The summed E-state index contributed by atoms with van der Waals surface area (Å²) in [5.41, 5.74) is 0.921. The summed E-state index contributed by atoms with van der Waals surface area (Å²) in [5.74, 6) is -0.459. The van der Waals surface area contributed by atoms with Crippen molar-refractivity contribution in [2.24, 2.45) is 0 Å². The summed E-state index contributed by atoms with van der Waals surface area (Å²) in [6.45, 7) is -0.0873. The van der Waals surface area contributed by atoms with E-state index in [9.17, 15) is 4.79 Å². The Morgan fingerprint density at radius 1 is 1.35 bits per heavy atom. The highest BCUT2D eigenvalue weighted by molar-refractivity contribution is 5.81. The lowest BCUT2D eigenvalue weighted by Gasteiger charge is -2.02. The fraction of sp³-hybridized carbons (Fsp3) is 0.308. The predicted octanol–water partition coefficient (Wildman–Crippen LogP) is 1.03. The molecule has 4 heteroatoms. The lowest BCUT2D eigenvalue weighted by molar-refractivity contribution is -0.139. The van der Waals surface area contributed by atoms with Crippen LogP contribution in [-0.4, -0.2) is 28.9 Å². The highest BCUT2D eigenvalue weighted by Gasteiger charge is 2.00. The molecule has 0 aliphatic heterocycles. The Balaban J connectivity index is 2.26. The van der Waals surface area contributed by atoms with Gasteiger partial charge in [0, 0.05) is 6.08 Å². The van der Waals surface area contributed by atoms with Gasteiger partial charge < -0.3 is 14.9 Å². The molecule has 0 bridgehead atoms. The minimum atomic E-state index is -0.826. The molecule has 0 saturated carbocycles. The van der Waals surface area contributed by atoms with Crippen molar-refractivity contribution in [2.75, 3.05) is 6.61 Å². The van der Waals surface area contributed by atoms with Gasteiger partial charge in [0.1, 0.15) is 6.61 Å². The number of rotatable bonds is 6. The molecule has 2 N–H and O–H groups in total. The van der Waals surface area contributed by atoms with Crippen LogP contribution in [0.5, 0.6) is 0 Å². The molecule has 17 heavy (non-hydrogen) atoms. The maximum Gasteiger partial charge on any atom is 0.330 e. The topological polar surface area (TPSA) is 66.8 Å². The summed E-state index contributed by atoms with van der Waals surface area (Å²) in [7, 11) is 0. The van der Waals surface area contributed by atoms with Gasteiger partial charge in [0.05, 0.1) is 12.7 Å². The summed E-state index contributed by atoms with van der Waals surface area (Å²) < 4.78 is 4.97. The summed E-state index contributed by atoms with van der Waals surface area (Å²) in [6.07, 6.45) is 2.14. The number of aliphatic hydroxyl groups excluding tert-OH is 2. The van der Waals surface area contributed by atoms with E-state index in [1.54, 1.807) is 0 Å². The molecule has 92 valence electrons. The third kappa shape index (κ3) is 5.85. The number of aliphatic hydroxyl groups is 2. The van der Waals surface area contributed by atoms with Gasteiger partial charge in [0.2, 0.25) is 0 Å². The monoisotopic (exact) mass is 236 g/mol. The first-order valence-corrected chi connectivity index (χ1v) is 5.38. The second-order valence-corrected chi connectivity index (χ2v) is 3.57. The van der Waals surface area contributed by atoms with Crippen LogP contribution in [0.2, 0.25) is 0 Å². The van der Waals surface area contributed by atoms with E-state index in [4.69, 9.17) is 14.9 Å². The van der Waals surface area contributed by atoms with Gasteiger partial charge in [-0.25, -0.2) is 4.79 Å². The molecule has 0 radical (unpaired) electrons. The van der Waals surface area contributed by atoms with Gasteiger partial charge in [-0.1, -0.05) is 36.4 Å². The molecule has 0 spiro atoms. The van der Waals surface area contributed by atoms with E-state index >= 15 is 0 Å². The fourth-order valence-corrected chi connectivity index (χ4v) is 1.17. The Kier molecular flexibility index (Phi) is 5.99. The van der Waals surface area contributed by atoms with Crippen LogP contribution in [0.4, 0.5) is 0 Å². The van der Waals surface area contributed by atoms with E-state index in [2.05, 4.69) is 0 Å². The quantitative estimate of drug-likeness (QED) is 0.572. The maximum absolute atomic E-state index is 11.2.